The number of amides is 3. The summed E-state index contributed by atoms with van der Waals surface area (Å²) < 4.78 is 0. The van der Waals surface area contributed by atoms with E-state index >= 15 is 0 Å². The minimum atomic E-state index is -0.852. The first-order valence-corrected chi connectivity index (χ1v) is 8.96. The van der Waals surface area contributed by atoms with E-state index in [1.54, 1.807) is 24.3 Å². The summed E-state index contributed by atoms with van der Waals surface area (Å²) in [6.45, 7) is 0.782. The molecule has 140 valence electrons. The van der Waals surface area contributed by atoms with Crippen molar-refractivity contribution in [2.75, 3.05) is 16.8 Å². The molecular formula is C20H15N3O5. The van der Waals surface area contributed by atoms with Crippen LogP contribution in [0.3, 0.4) is 0 Å². The number of hydroxylamine groups is 2. The molecule has 1 saturated heterocycles. The third kappa shape index (κ3) is 2.31. The highest BCUT2D eigenvalue weighted by molar-refractivity contribution is 6.21. The highest BCUT2D eigenvalue weighted by Crippen LogP contribution is 2.37. The molecule has 3 heterocycles. The van der Waals surface area contributed by atoms with Gasteiger partial charge in [0.1, 0.15) is 6.04 Å². The number of nitrogens with zero attached hydrogens (tertiary/aromatic N) is 2. The Morgan fingerprint density at radius 2 is 1.75 bits per heavy atom. The van der Waals surface area contributed by atoms with Crippen molar-refractivity contribution in [2.24, 2.45) is 0 Å². The van der Waals surface area contributed by atoms with E-state index in [1.807, 2.05) is 4.90 Å². The lowest BCUT2D eigenvalue weighted by molar-refractivity contribution is -0.117. The van der Waals surface area contributed by atoms with Gasteiger partial charge in [-0.2, -0.15) is 0 Å². The van der Waals surface area contributed by atoms with Gasteiger partial charge in [-0.15, -0.1) is 0 Å². The SMILES string of the molecule is O=C(ON1C(=O)c2ccccc2C1=O)c1ccc2c(c1)NC(=O)C1CCCN21. The van der Waals surface area contributed by atoms with Gasteiger partial charge in [-0.3, -0.25) is 14.4 Å². The Morgan fingerprint density at radius 1 is 1.04 bits per heavy atom. The van der Waals surface area contributed by atoms with Crippen LogP contribution in [0.1, 0.15) is 43.9 Å². The van der Waals surface area contributed by atoms with Crippen molar-refractivity contribution in [3.8, 4) is 0 Å². The van der Waals surface area contributed by atoms with Gasteiger partial charge in [0.25, 0.3) is 11.8 Å². The minimum absolute atomic E-state index is 0.101. The van der Waals surface area contributed by atoms with E-state index in [0.717, 1.165) is 25.1 Å². The molecule has 0 bridgehead atoms. The molecule has 1 N–H and O–H groups in total. The lowest BCUT2D eigenvalue weighted by Gasteiger charge is -2.33. The normalized spacial score (nSPS) is 19.9. The maximum atomic E-state index is 12.5. The van der Waals surface area contributed by atoms with Crippen molar-refractivity contribution < 1.29 is 24.0 Å². The molecule has 0 aromatic heterocycles. The average Bonchev–Trinajstić information content (AvgIpc) is 3.29. The van der Waals surface area contributed by atoms with Crippen LogP contribution in [0.15, 0.2) is 42.5 Å². The summed E-state index contributed by atoms with van der Waals surface area (Å²) in [5.41, 5.74) is 1.88. The highest BCUT2D eigenvalue weighted by atomic mass is 16.7. The van der Waals surface area contributed by atoms with Crippen LogP contribution in [-0.2, 0) is 9.63 Å². The number of rotatable bonds is 2. The molecule has 8 heteroatoms. The Labute approximate surface area is 159 Å². The Hall–Kier alpha value is -3.68. The van der Waals surface area contributed by atoms with Crippen molar-refractivity contribution in [3.63, 3.8) is 0 Å². The molecular weight excluding hydrogens is 362 g/mol. The molecule has 28 heavy (non-hydrogen) atoms. The quantitative estimate of drug-likeness (QED) is 0.804. The van der Waals surface area contributed by atoms with Crippen molar-refractivity contribution in [1.82, 2.24) is 5.06 Å². The lowest BCUT2D eigenvalue weighted by Crippen LogP contribution is -2.44. The van der Waals surface area contributed by atoms with E-state index in [9.17, 15) is 19.2 Å². The molecule has 5 rings (SSSR count). The van der Waals surface area contributed by atoms with Crippen LogP contribution in [0.25, 0.3) is 0 Å². The molecule has 0 aliphatic carbocycles. The fraction of sp³-hybridized carbons (Fsp3) is 0.200. The van der Waals surface area contributed by atoms with Gasteiger partial charge in [0, 0.05) is 6.54 Å². The van der Waals surface area contributed by atoms with Gasteiger partial charge in [-0.05, 0) is 43.2 Å². The molecule has 0 saturated carbocycles. The smallest absolute Gasteiger partial charge is 0.358 e. The number of anilines is 2. The zero-order valence-corrected chi connectivity index (χ0v) is 14.7. The number of fused-ring (bicyclic) bond motifs is 4. The summed E-state index contributed by atoms with van der Waals surface area (Å²) in [5, 5.41) is 3.29. The highest BCUT2D eigenvalue weighted by Gasteiger charge is 2.39. The summed E-state index contributed by atoms with van der Waals surface area (Å²) in [4.78, 5) is 56.6. The summed E-state index contributed by atoms with van der Waals surface area (Å²) in [7, 11) is 0. The van der Waals surface area contributed by atoms with Crippen LogP contribution in [0.4, 0.5) is 11.4 Å². The predicted molar refractivity (Wildman–Crippen MR) is 97.8 cm³/mol. The number of hydrogen-bond donors (Lipinski definition) is 1. The number of hydrogen-bond acceptors (Lipinski definition) is 6. The van der Waals surface area contributed by atoms with Gasteiger partial charge in [0.05, 0.1) is 28.1 Å². The fourth-order valence-corrected chi connectivity index (χ4v) is 3.94. The lowest BCUT2D eigenvalue weighted by atomic mass is 10.1. The van der Waals surface area contributed by atoms with Gasteiger partial charge in [0.2, 0.25) is 5.91 Å². The van der Waals surface area contributed by atoms with E-state index in [-0.39, 0.29) is 28.6 Å². The molecule has 3 aliphatic heterocycles. The molecule has 0 spiro atoms. The number of benzene rings is 2. The standard InChI is InChI=1S/C20H15N3O5/c24-17-16-6-3-9-22(16)15-8-7-11(10-14(15)21-17)20(27)28-23-18(25)12-4-1-2-5-13(12)19(23)26/h1-2,4-5,7-8,10,16H,3,6,9H2,(H,21,24). The molecule has 2 aromatic carbocycles. The maximum Gasteiger partial charge on any atom is 0.364 e. The third-order valence-electron chi connectivity index (χ3n) is 5.29. The first-order chi connectivity index (χ1) is 13.5. The van der Waals surface area contributed by atoms with Gasteiger partial charge in [-0.1, -0.05) is 17.2 Å². The van der Waals surface area contributed by atoms with E-state index in [0.29, 0.717) is 10.8 Å². The number of imide groups is 1. The molecule has 1 fully saturated rings. The van der Waals surface area contributed by atoms with Crippen molar-refractivity contribution in [3.05, 3.63) is 59.2 Å². The van der Waals surface area contributed by atoms with Crippen molar-refractivity contribution in [2.45, 2.75) is 18.9 Å². The zero-order valence-electron chi connectivity index (χ0n) is 14.7. The number of carbonyl (C=O) groups excluding carboxylic acids is 4. The van der Waals surface area contributed by atoms with Gasteiger partial charge < -0.3 is 15.1 Å². The second-order valence-electron chi connectivity index (χ2n) is 6.90. The van der Waals surface area contributed by atoms with E-state index in [2.05, 4.69) is 5.32 Å². The summed E-state index contributed by atoms with van der Waals surface area (Å²) in [6.07, 6.45) is 1.73. The van der Waals surface area contributed by atoms with Crippen LogP contribution in [0, 0.1) is 0 Å². The van der Waals surface area contributed by atoms with Crippen LogP contribution in [0.2, 0.25) is 0 Å². The first-order valence-electron chi connectivity index (χ1n) is 8.96. The maximum absolute atomic E-state index is 12.5. The van der Waals surface area contributed by atoms with E-state index in [1.165, 1.54) is 18.2 Å². The summed E-state index contributed by atoms with van der Waals surface area (Å²) >= 11 is 0. The van der Waals surface area contributed by atoms with Crippen LogP contribution < -0.4 is 10.2 Å². The minimum Gasteiger partial charge on any atom is -0.358 e. The van der Waals surface area contributed by atoms with Crippen LogP contribution in [0.5, 0.6) is 0 Å². The monoisotopic (exact) mass is 377 g/mol. The topological polar surface area (TPSA) is 96.0 Å². The summed E-state index contributed by atoms with van der Waals surface area (Å²) in [5.74, 6) is -2.31. The molecule has 8 nitrogen and oxygen atoms in total. The Morgan fingerprint density at radius 3 is 2.46 bits per heavy atom. The number of nitrogens with one attached hydrogen (secondary N) is 1. The Balaban J connectivity index is 1.40. The summed E-state index contributed by atoms with van der Waals surface area (Å²) in [6, 6.07) is 10.9. The molecule has 2 aromatic rings. The fourth-order valence-electron chi connectivity index (χ4n) is 3.94. The van der Waals surface area contributed by atoms with Gasteiger partial charge in [-0.25, -0.2) is 4.79 Å². The van der Waals surface area contributed by atoms with E-state index in [4.69, 9.17) is 4.84 Å². The molecule has 1 unspecified atom stereocenters. The largest absolute Gasteiger partial charge is 0.364 e. The molecule has 3 aliphatic rings. The van der Waals surface area contributed by atoms with Crippen molar-refractivity contribution in [1.29, 1.82) is 0 Å². The second-order valence-corrected chi connectivity index (χ2v) is 6.90. The van der Waals surface area contributed by atoms with Crippen LogP contribution >= 0.6 is 0 Å². The molecule has 3 amide bonds. The first kappa shape index (κ1) is 16.5. The molecule has 0 radical (unpaired) electrons. The van der Waals surface area contributed by atoms with Gasteiger partial charge in [0.15, 0.2) is 0 Å². The third-order valence-corrected chi connectivity index (χ3v) is 5.29. The van der Waals surface area contributed by atoms with Crippen LogP contribution in [-0.4, -0.2) is 41.3 Å². The zero-order chi connectivity index (χ0) is 19.4. The Kier molecular flexibility index (Phi) is 3.48. The number of carbonyl (C=O) groups is 4. The van der Waals surface area contributed by atoms with E-state index < -0.39 is 17.8 Å². The second kappa shape index (κ2) is 5.91. The van der Waals surface area contributed by atoms with Crippen molar-refractivity contribution >= 4 is 35.1 Å². The van der Waals surface area contributed by atoms with Gasteiger partial charge >= 0.3 is 5.97 Å². The predicted octanol–water partition coefficient (Wildman–Crippen LogP) is 1.98. The Bertz CT molecular complexity index is 1030. The molecule has 1 atom stereocenters. The average molecular weight is 377 g/mol.